The molecular weight excluding hydrogens is 374 g/mol. The summed E-state index contributed by atoms with van der Waals surface area (Å²) in [7, 11) is -3.74. The third kappa shape index (κ3) is 4.75. The summed E-state index contributed by atoms with van der Waals surface area (Å²) < 4.78 is 31.9. The van der Waals surface area contributed by atoms with Gasteiger partial charge < -0.3 is 14.9 Å². The van der Waals surface area contributed by atoms with Crippen LogP contribution in [0.25, 0.3) is 0 Å². The molecule has 1 aromatic rings. The molecule has 9 nitrogen and oxygen atoms in total. The van der Waals surface area contributed by atoms with Crippen LogP contribution >= 0.6 is 0 Å². The molecule has 0 aromatic carbocycles. The number of amides is 1. The van der Waals surface area contributed by atoms with E-state index in [9.17, 15) is 23.1 Å². The zero-order valence-electron chi connectivity index (χ0n) is 15.6. The predicted octanol–water partition coefficient (Wildman–Crippen LogP) is 1.23. The van der Waals surface area contributed by atoms with E-state index in [0.29, 0.717) is 18.5 Å². The Hall–Kier alpha value is -2.20. The van der Waals surface area contributed by atoms with Crippen LogP contribution in [0, 0.1) is 19.8 Å². The third-order valence-corrected chi connectivity index (χ3v) is 6.76. The van der Waals surface area contributed by atoms with Gasteiger partial charge >= 0.3 is 5.97 Å². The summed E-state index contributed by atoms with van der Waals surface area (Å²) in [4.78, 5) is 23.7. The molecule has 1 fully saturated rings. The summed E-state index contributed by atoms with van der Waals surface area (Å²) in [5.74, 6) is -1.64. The lowest BCUT2D eigenvalue weighted by Gasteiger charge is -2.31. The van der Waals surface area contributed by atoms with E-state index in [1.165, 1.54) is 4.31 Å². The third-order valence-electron chi connectivity index (χ3n) is 4.61. The van der Waals surface area contributed by atoms with Gasteiger partial charge in [0.2, 0.25) is 15.9 Å². The Labute approximate surface area is 158 Å². The fraction of sp³-hybridized carbons (Fsp3) is 0.588. The SMILES string of the molecule is C/C=C/CC(NC(=O)C1CCN(S(=O)(=O)c2c(C)noc2C)CC1)C(=O)O. The molecule has 0 bridgehead atoms. The number of allylic oxidation sites excluding steroid dienone is 1. The number of aryl methyl sites for hydroxylation is 2. The van der Waals surface area contributed by atoms with Crippen LogP contribution in [0.1, 0.15) is 37.6 Å². The second kappa shape index (κ2) is 8.66. The van der Waals surface area contributed by atoms with Crippen molar-refractivity contribution in [3.05, 3.63) is 23.6 Å². The van der Waals surface area contributed by atoms with Crippen LogP contribution in [0.15, 0.2) is 21.6 Å². The zero-order chi connectivity index (χ0) is 20.2. The molecule has 1 atom stereocenters. The smallest absolute Gasteiger partial charge is 0.326 e. The second-order valence-corrected chi connectivity index (χ2v) is 8.41. The quantitative estimate of drug-likeness (QED) is 0.660. The van der Waals surface area contributed by atoms with Crippen molar-refractivity contribution in [1.82, 2.24) is 14.8 Å². The minimum Gasteiger partial charge on any atom is -0.480 e. The Morgan fingerprint density at radius 1 is 1.37 bits per heavy atom. The van der Waals surface area contributed by atoms with Crippen molar-refractivity contribution < 1.29 is 27.6 Å². The summed E-state index contributed by atoms with van der Waals surface area (Å²) >= 11 is 0. The van der Waals surface area contributed by atoms with E-state index in [1.807, 2.05) is 0 Å². The summed E-state index contributed by atoms with van der Waals surface area (Å²) in [6.45, 7) is 5.24. The van der Waals surface area contributed by atoms with E-state index in [0.717, 1.165) is 0 Å². The fourth-order valence-corrected chi connectivity index (χ4v) is 4.87. The molecule has 2 N–H and O–H groups in total. The van der Waals surface area contributed by atoms with Gasteiger partial charge in [0.15, 0.2) is 5.76 Å². The number of rotatable bonds is 7. The maximum absolute atomic E-state index is 12.8. The largest absolute Gasteiger partial charge is 0.480 e. The number of carbonyl (C=O) groups excluding carboxylic acids is 1. The summed E-state index contributed by atoms with van der Waals surface area (Å²) in [6.07, 6.45) is 4.25. The van der Waals surface area contributed by atoms with Crippen LogP contribution in [0.2, 0.25) is 0 Å². The molecule has 1 unspecified atom stereocenters. The number of carbonyl (C=O) groups is 2. The molecule has 150 valence electrons. The number of carboxylic acids is 1. The lowest BCUT2D eigenvalue weighted by molar-refractivity contribution is -0.142. The highest BCUT2D eigenvalue weighted by Gasteiger charge is 2.36. The summed E-state index contributed by atoms with van der Waals surface area (Å²) in [6, 6.07) is -0.988. The van der Waals surface area contributed by atoms with Crippen molar-refractivity contribution in [2.24, 2.45) is 5.92 Å². The first kappa shape index (κ1) is 21.1. The second-order valence-electron chi connectivity index (χ2n) is 6.54. The van der Waals surface area contributed by atoms with Crippen molar-refractivity contribution in [2.75, 3.05) is 13.1 Å². The molecule has 1 aliphatic rings. The Bertz CT molecular complexity index is 802. The average Bonchev–Trinajstić information content (AvgIpc) is 2.97. The van der Waals surface area contributed by atoms with Gasteiger partial charge in [-0.3, -0.25) is 4.79 Å². The van der Waals surface area contributed by atoms with Gasteiger partial charge in [-0.2, -0.15) is 4.31 Å². The standard InChI is InChI=1S/C17H25N3O6S/c1-4-5-6-14(17(22)23)18-16(21)13-7-9-20(10-8-13)27(24,25)15-11(2)19-26-12(15)3/h4-5,13-14H,6-10H2,1-3H3,(H,18,21)(H,22,23)/b5-4+. The van der Waals surface area contributed by atoms with Crippen LogP contribution in [-0.4, -0.2) is 54.0 Å². The van der Waals surface area contributed by atoms with Crippen molar-refractivity contribution in [3.63, 3.8) is 0 Å². The fourth-order valence-electron chi connectivity index (χ4n) is 3.11. The molecule has 0 spiro atoms. The number of carboxylic acid groups (broad SMARTS) is 1. The van der Waals surface area contributed by atoms with Gasteiger partial charge in [0.25, 0.3) is 0 Å². The van der Waals surface area contributed by atoms with E-state index in [2.05, 4.69) is 10.5 Å². The molecule has 0 radical (unpaired) electrons. The van der Waals surface area contributed by atoms with Gasteiger partial charge in [0, 0.05) is 19.0 Å². The average molecular weight is 399 g/mol. The maximum Gasteiger partial charge on any atom is 0.326 e. The lowest BCUT2D eigenvalue weighted by Crippen LogP contribution is -2.47. The molecule has 1 amide bonds. The number of piperidine rings is 1. The van der Waals surface area contributed by atoms with Crippen molar-refractivity contribution in [3.8, 4) is 0 Å². The van der Waals surface area contributed by atoms with E-state index in [-0.39, 0.29) is 36.1 Å². The van der Waals surface area contributed by atoms with Gasteiger partial charge in [-0.25, -0.2) is 13.2 Å². The van der Waals surface area contributed by atoms with Gasteiger partial charge in [-0.1, -0.05) is 17.3 Å². The molecule has 0 saturated carbocycles. The van der Waals surface area contributed by atoms with E-state index in [1.54, 1.807) is 32.9 Å². The highest BCUT2D eigenvalue weighted by molar-refractivity contribution is 7.89. The van der Waals surface area contributed by atoms with Crippen molar-refractivity contribution >= 4 is 21.9 Å². The zero-order valence-corrected chi connectivity index (χ0v) is 16.5. The molecule has 10 heteroatoms. The summed E-state index contributed by atoms with van der Waals surface area (Å²) in [5.41, 5.74) is 0.306. The first-order valence-electron chi connectivity index (χ1n) is 8.75. The molecule has 0 aliphatic carbocycles. The number of aromatic nitrogens is 1. The Balaban J connectivity index is 2.00. The Kier molecular flexibility index (Phi) is 6.77. The lowest BCUT2D eigenvalue weighted by atomic mass is 9.96. The molecule has 1 aromatic heterocycles. The highest BCUT2D eigenvalue weighted by Crippen LogP contribution is 2.27. The summed E-state index contributed by atoms with van der Waals surface area (Å²) in [5, 5.41) is 15.4. The molecule has 1 aliphatic heterocycles. The monoisotopic (exact) mass is 399 g/mol. The predicted molar refractivity (Wildman–Crippen MR) is 96.5 cm³/mol. The maximum atomic E-state index is 12.8. The topological polar surface area (TPSA) is 130 Å². The van der Waals surface area contributed by atoms with Crippen LogP contribution in [-0.2, 0) is 19.6 Å². The van der Waals surface area contributed by atoms with E-state index >= 15 is 0 Å². The first-order chi connectivity index (χ1) is 12.7. The Morgan fingerprint density at radius 3 is 2.48 bits per heavy atom. The number of nitrogens with one attached hydrogen (secondary N) is 1. The molecule has 2 heterocycles. The number of aliphatic carboxylic acids is 1. The first-order valence-corrected chi connectivity index (χ1v) is 10.2. The van der Waals surface area contributed by atoms with E-state index < -0.39 is 28.0 Å². The minimum absolute atomic E-state index is 0.0719. The van der Waals surface area contributed by atoms with Crippen LogP contribution in [0.3, 0.4) is 0 Å². The van der Waals surface area contributed by atoms with Crippen molar-refractivity contribution in [1.29, 1.82) is 0 Å². The van der Waals surface area contributed by atoms with Gasteiger partial charge in [0.05, 0.1) is 0 Å². The molecule has 1 saturated heterocycles. The van der Waals surface area contributed by atoms with Gasteiger partial charge in [-0.15, -0.1) is 0 Å². The van der Waals surface area contributed by atoms with Crippen LogP contribution in [0.5, 0.6) is 0 Å². The normalized spacial score (nSPS) is 17.9. The highest BCUT2D eigenvalue weighted by atomic mass is 32.2. The number of sulfonamides is 1. The molecule has 2 rings (SSSR count). The molecular formula is C17H25N3O6S. The van der Waals surface area contributed by atoms with Crippen LogP contribution in [0.4, 0.5) is 0 Å². The van der Waals surface area contributed by atoms with Crippen LogP contribution < -0.4 is 5.32 Å². The van der Waals surface area contributed by atoms with Gasteiger partial charge in [0.1, 0.15) is 16.6 Å². The van der Waals surface area contributed by atoms with Crippen molar-refractivity contribution in [2.45, 2.75) is 51.0 Å². The number of hydrogen-bond acceptors (Lipinski definition) is 6. The van der Waals surface area contributed by atoms with Gasteiger partial charge in [-0.05, 0) is 40.0 Å². The Morgan fingerprint density at radius 2 is 2.00 bits per heavy atom. The van der Waals surface area contributed by atoms with E-state index in [4.69, 9.17) is 4.52 Å². The number of nitrogens with zero attached hydrogens (tertiary/aromatic N) is 2. The minimum atomic E-state index is -3.74. The number of hydrogen-bond donors (Lipinski definition) is 2. The molecule has 27 heavy (non-hydrogen) atoms.